The van der Waals surface area contributed by atoms with Crippen LogP contribution >= 0.6 is 22.6 Å². The molecule has 1 aromatic heterocycles. The van der Waals surface area contributed by atoms with E-state index >= 15 is 0 Å². The van der Waals surface area contributed by atoms with Gasteiger partial charge in [0.2, 0.25) is 0 Å². The molecule has 1 aromatic rings. The largest absolute Gasteiger partial charge is 0.377 e. The number of hydrogen-bond donors (Lipinski definition) is 1. The summed E-state index contributed by atoms with van der Waals surface area (Å²) in [6, 6.07) is 0. The predicted octanol–water partition coefficient (Wildman–Crippen LogP) is 1.92. The smallest absolute Gasteiger partial charge is 0.142 e. The third-order valence-electron chi connectivity index (χ3n) is 1.90. The van der Waals surface area contributed by atoms with Crippen molar-refractivity contribution in [1.82, 2.24) is 9.97 Å². The van der Waals surface area contributed by atoms with E-state index in [1.807, 2.05) is 13.8 Å². The molecule has 1 rings (SSSR count). The number of nitrogens with one attached hydrogen (secondary N) is 1. The molecule has 0 fully saturated rings. The third kappa shape index (κ3) is 3.38. The van der Waals surface area contributed by atoms with E-state index in [4.69, 9.17) is 4.74 Å². The van der Waals surface area contributed by atoms with E-state index < -0.39 is 0 Å². The van der Waals surface area contributed by atoms with Crippen molar-refractivity contribution in [2.24, 2.45) is 0 Å². The fraction of sp³-hybridized carbons (Fsp3) is 0.556. The van der Waals surface area contributed by atoms with Crippen molar-refractivity contribution in [3.63, 3.8) is 0 Å². The fourth-order valence-electron chi connectivity index (χ4n) is 0.811. The third-order valence-corrected chi connectivity index (χ3v) is 2.69. The normalized spacial score (nSPS) is 11.4. The molecular formula is C9H14IN3O. The number of nitrogens with zero attached hydrogens (tertiary/aromatic N) is 2. The summed E-state index contributed by atoms with van der Waals surface area (Å²) in [5.74, 6) is 0.853. The number of anilines is 1. The maximum Gasteiger partial charge on any atom is 0.142 e. The van der Waals surface area contributed by atoms with Gasteiger partial charge in [0.05, 0.1) is 9.17 Å². The average molecular weight is 307 g/mol. The first kappa shape index (κ1) is 11.6. The van der Waals surface area contributed by atoms with E-state index in [0.717, 1.165) is 15.9 Å². The zero-order valence-corrected chi connectivity index (χ0v) is 10.7. The van der Waals surface area contributed by atoms with Gasteiger partial charge in [-0.15, -0.1) is 0 Å². The highest BCUT2D eigenvalue weighted by molar-refractivity contribution is 14.1. The van der Waals surface area contributed by atoms with Crippen molar-refractivity contribution in [1.29, 1.82) is 0 Å². The lowest BCUT2D eigenvalue weighted by Gasteiger charge is -2.23. The van der Waals surface area contributed by atoms with Crippen LogP contribution in [0.25, 0.3) is 0 Å². The van der Waals surface area contributed by atoms with Crippen LogP contribution in [-0.4, -0.2) is 29.2 Å². The number of rotatable bonds is 4. The Morgan fingerprint density at radius 3 is 2.86 bits per heavy atom. The van der Waals surface area contributed by atoms with Gasteiger partial charge < -0.3 is 10.1 Å². The van der Waals surface area contributed by atoms with Gasteiger partial charge in [-0.05, 0) is 36.4 Å². The summed E-state index contributed by atoms with van der Waals surface area (Å²) in [6.07, 6.45) is 3.31. The van der Waals surface area contributed by atoms with Gasteiger partial charge in [0, 0.05) is 19.9 Å². The molecule has 1 N–H and O–H groups in total. The first-order valence-corrected chi connectivity index (χ1v) is 5.37. The molecule has 0 bridgehead atoms. The second kappa shape index (κ2) is 4.88. The van der Waals surface area contributed by atoms with Crippen molar-refractivity contribution in [2.45, 2.75) is 19.4 Å². The molecule has 4 nitrogen and oxygen atoms in total. The lowest BCUT2D eigenvalue weighted by molar-refractivity contribution is 0.0343. The summed E-state index contributed by atoms with van der Waals surface area (Å²) in [6.45, 7) is 4.76. The van der Waals surface area contributed by atoms with Crippen LogP contribution in [0.15, 0.2) is 12.5 Å². The zero-order valence-electron chi connectivity index (χ0n) is 8.54. The lowest BCUT2D eigenvalue weighted by Crippen LogP contribution is -2.32. The Labute approximate surface area is 97.6 Å². The first-order chi connectivity index (χ1) is 6.55. The molecule has 0 aromatic carbocycles. The number of aromatic nitrogens is 2. The minimum Gasteiger partial charge on any atom is -0.377 e. The number of hydrogen-bond acceptors (Lipinski definition) is 4. The van der Waals surface area contributed by atoms with Crippen LogP contribution in [0.3, 0.4) is 0 Å². The lowest BCUT2D eigenvalue weighted by atomic mass is 10.1. The standard InChI is InChI=1S/C9H14IN3O/c1-9(2,14-3)5-12-8-7(10)4-11-6-13-8/h4,6H,5H2,1-3H3,(H,11,12,13). The topological polar surface area (TPSA) is 47.0 Å². The minimum atomic E-state index is -0.186. The zero-order chi connectivity index (χ0) is 10.6. The van der Waals surface area contributed by atoms with Gasteiger partial charge in [-0.25, -0.2) is 9.97 Å². The second-order valence-electron chi connectivity index (χ2n) is 3.54. The average Bonchev–Trinajstić information content (AvgIpc) is 2.17. The number of methoxy groups -OCH3 is 1. The minimum absolute atomic E-state index is 0.186. The van der Waals surface area contributed by atoms with E-state index in [1.54, 1.807) is 13.3 Å². The second-order valence-corrected chi connectivity index (χ2v) is 4.70. The van der Waals surface area contributed by atoms with Crippen molar-refractivity contribution in [2.75, 3.05) is 19.0 Å². The Morgan fingerprint density at radius 1 is 1.57 bits per heavy atom. The number of halogens is 1. The van der Waals surface area contributed by atoms with Gasteiger partial charge >= 0.3 is 0 Å². The molecule has 0 aliphatic rings. The van der Waals surface area contributed by atoms with Gasteiger partial charge in [0.1, 0.15) is 12.1 Å². The van der Waals surface area contributed by atoms with E-state index in [9.17, 15) is 0 Å². The Morgan fingerprint density at radius 2 is 2.29 bits per heavy atom. The Bertz CT molecular complexity index is 304. The van der Waals surface area contributed by atoms with Crippen molar-refractivity contribution >= 4 is 28.4 Å². The van der Waals surface area contributed by atoms with Crippen molar-refractivity contribution in [3.8, 4) is 0 Å². The summed E-state index contributed by atoms with van der Waals surface area (Å²) in [7, 11) is 1.70. The molecule has 0 radical (unpaired) electrons. The van der Waals surface area contributed by atoms with Crippen LogP contribution in [0, 0.1) is 3.57 Å². The van der Waals surface area contributed by atoms with E-state index in [1.165, 1.54) is 6.33 Å². The van der Waals surface area contributed by atoms with Gasteiger partial charge in [0.25, 0.3) is 0 Å². The van der Waals surface area contributed by atoms with Crippen LogP contribution in [0.1, 0.15) is 13.8 Å². The molecule has 0 atom stereocenters. The molecule has 0 amide bonds. The Balaban J connectivity index is 2.58. The SMILES string of the molecule is COC(C)(C)CNc1ncncc1I. The molecule has 14 heavy (non-hydrogen) atoms. The summed E-state index contributed by atoms with van der Waals surface area (Å²) in [5, 5.41) is 3.22. The maximum absolute atomic E-state index is 5.29. The molecule has 78 valence electrons. The summed E-state index contributed by atoms with van der Waals surface area (Å²) in [5.41, 5.74) is -0.186. The molecule has 0 unspecified atom stereocenters. The Kier molecular flexibility index (Phi) is 4.06. The highest BCUT2D eigenvalue weighted by Crippen LogP contribution is 2.14. The van der Waals surface area contributed by atoms with E-state index in [2.05, 4.69) is 37.9 Å². The summed E-state index contributed by atoms with van der Waals surface area (Å²) >= 11 is 2.20. The van der Waals surface area contributed by atoms with E-state index in [-0.39, 0.29) is 5.60 Å². The highest BCUT2D eigenvalue weighted by atomic mass is 127. The van der Waals surface area contributed by atoms with Gasteiger partial charge in [0.15, 0.2) is 0 Å². The van der Waals surface area contributed by atoms with Gasteiger partial charge in [-0.2, -0.15) is 0 Å². The Hall–Kier alpha value is -0.430. The van der Waals surface area contributed by atoms with E-state index in [0.29, 0.717) is 0 Å². The molecule has 0 saturated heterocycles. The van der Waals surface area contributed by atoms with Crippen LogP contribution < -0.4 is 5.32 Å². The van der Waals surface area contributed by atoms with Crippen LogP contribution in [-0.2, 0) is 4.74 Å². The quantitative estimate of drug-likeness (QED) is 0.863. The molecule has 0 spiro atoms. The maximum atomic E-state index is 5.29. The predicted molar refractivity (Wildman–Crippen MR) is 64.3 cm³/mol. The molecule has 1 heterocycles. The molecular weight excluding hydrogens is 293 g/mol. The molecule has 0 aliphatic heterocycles. The summed E-state index contributed by atoms with van der Waals surface area (Å²) in [4.78, 5) is 8.05. The number of ether oxygens (including phenoxy) is 1. The highest BCUT2D eigenvalue weighted by Gasteiger charge is 2.16. The van der Waals surface area contributed by atoms with Crippen molar-refractivity contribution < 1.29 is 4.74 Å². The molecule has 5 heteroatoms. The fourth-order valence-corrected chi connectivity index (χ4v) is 1.30. The molecule has 0 aliphatic carbocycles. The summed E-state index contributed by atoms with van der Waals surface area (Å²) < 4.78 is 6.30. The van der Waals surface area contributed by atoms with Gasteiger partial charge in [-0.1, -0.05) is 0 Å². The van der Waals surface area contributed by atoms with Crippen molar-refractivity contribution in [3.05, 3.63) is 16.1 Å². The first-order valence-electron chi connectivity index (χ1n) is 4.30. The van der Waals surface area contributed by atoms with Crippen LogP contribution in [0.5, 0.6) is 0 Å². The van der Waals surface area contributed by atoms with Crippen LogP contribution in [0.4, 0.5) is 5.82 Å². The molecule has 0 saturated carbocycles. The van der Waals surface area contributed by atoms with Crippen LogP contribution in [0.2, 0.25) is 0 Å². The van der Waals surface area contributed by atoms with Gasteiger partial charge in [-0.3, -0.25) is 0 Å². The monoisotopic (exact) mass is 307 g/mol.